The van der Waals surface area contributed by atoms with Gasteiger partial charge in [0, 0.05) is 45.7 Å². The molecule has 0 saturated carbocycles. The minimum absolute atomic E-state index is 0.135. The molecular formula is C24H31ClIN3O3. The van der Waals surface area contributed by atoms with E-state index < -0.39 is 0 Å². The third kappa shape index (κ3) is 7.08. The monoisotopic (exact) mass is 571 g/mol. The van der Waals surface area contributed by atoms with Crippen molar-refractivity contribution in [1.82, 2.24) is 9.80 Å². The number of piperidine rings is 1. The number of hydrogen-bond acceptors (Lipinski definition) is 4. The van der Waals surface area contributed by atoms with Gasteiger partial charge in [0.15, 0.2) is 0 Å². The molecule has 6 nitrogen and oxygen atoms in total. The van der Waals surface area contributed by atoms with Gasteiger partial charge in [0.2, 0.25) is 5.91 Å². The van der Waals surface area contributed by atoms with Crippen molar-refractivity contribution in [3.05, 3.63) is 58.6 Å². The van der Waals surface area contributed by atoms with E-state index in [1.54, 1.807) is 17.0 Å². The summed E-state index contributed by atoms with van der Waals surface area (Å²) in [6.45, 7) is 4.21. The van der Waals surface area contributed by atoms with Crippen molar-refractivity contribution in [3.8, 4) is 5.75 Å². The summed E-state index contributed by atoms with van der Waals surface area (Å²) in [4.78, 5) is 30.7. The molecule has 0 atom stereocenters. The Balaban J connectivity index is 0.00000176. The quantitative estimate of drug-likeness (QED) is 0.387. The summed E-state index contributed by atoms with van der Waals surface area (Å²) in [5.74, 6) is 0.0172. The van der Waals surface area contributed by atoms with Gasteiger partial charge in [-0.3, -0.25) is 14.5 Å². The van der Waals surface area contributed by atoms with Crippen molar-refractivity contribution in [2.24, 2.45) is 0 Å². The molecule has 32 heavy (non-hydrogen) atoms. The second kappa shape index (κ2) is 13.0. The number of hydrogen-bond donors (Lipinski definition) is 1. The Labute approximate surface area is 209 Å². The van der Waals surface area contributed by atoms with Gasteiger partial charge in [-0.05, 0) is 29.4 Å². The second-order valence-electron chi connectivity index (χ2n) is 7.62. The number of carbonyl (C=O) groups excluding carboxylic acids is 2. The summed E-state index contributed by atoms with van der Waals surface area (Å²) in [6, 6.07) is 13.7. The van der Waals surface area contributed by atoms with E-state index in [2.05, 4.69) is 57.1 Å². The van der Waals surface area contributed by atoms with E-state index in [9.17, 15) is 9.59 Å². The van der Waals surface area contributed by atoms with E-state index in [1.807, 2.05) is 18.0 Å². The SMILES string of the molecule is CI.COc1cc(NC(C)=O)c(Cl)cc1C(=O)N(C)C1CCN(Cc2ccccc2)CC1. The Morgan fingerprint density at radius 3 is 2.38 bits per heavy atom. The summed E-state index contributed by atoms with van der Waals surface area (Å²) in [5.41, 5.74) is 2.12. The standard InChI is InChI=1S/C23H28ClN3O3.CH3I/c1-16(28)25-21-14-22(30-3)19(13-20(21)24)23(29)26(2)18-9-11-27(12-10-18)15-17-7-5-4-6-8-17;1-2/h4-8,13-14,18H,9-12,15H2,1-3H3,(H,25,28);1H3. The van der Waals surface area contributed by atoms with Gasteiger partial charge in [-0.1, -0.05) is 64.5 Å². The van der Waals surface area contributed by atoms with Crippen molar-refractivity contribution in [2.75, 3.05) is 37.5 Å². The Bertz CT molecular complexity index is 903. The number of likely N-dealkylation sites (tertiary alicyclic amines) is 1. The highest BCUT2D eigenvalue weighted by molar-refractivity contribution is 14.1. The summed E-state index contributed by atoms with van der Waals surface area (Å²) in [5, 5.41) is 2.96. The van der Waals surface area contributed by atoms with Gasteiger partial charge in [0.05, 0.1) is 23.4 Å². The fourth-order valence-corrected chi connectivity index (χ4v) is 4.05. The Morgan fingerprint density at radius 1 is 1.19 bits per heavy atom. The topological polar surface area (TPSA) is 61.9 Å². The first-order valence-corrected chi connectivity index (χ1v) is 13.0. The largest absolute Gasteiger partial charge is 0.496 e. The van der Waals surface area contributed by atoms with Gasteiger partial charge >= 0.3 is 0 Å². The lowest BCUT2D eigenvalue weighted by atomic mass is 10.0. The molecule has 1 aliphatic heterocycles. The van der Waals surface area contributed by atoms with Gasteiger partial charge in [-0.2, -0.15) is 0 Å². The molecule has 0 radical (unpaired) electrons. The van der Waals surface area contributed by atoms with Gasteiger partial charge < -0.3 is 15.0 Å². The average molecular weight is 572 g/mol. The predicted octanol–water partition coefficient (Wildman–Crippen LogP) is 5.09. The molecule has 1 aliphatic rings. The molecule has 0 unspecified atom stereocenters. The number of carbonyl (C=O) groups is 2. The van der Waals surface area contributed by atoms with Crippen LogP contribution in [0, 0.1) is 0 Å². The maximum atomic E-state index is 13.2. The third-order valence-corrected chi connectivity index (χ3v) is 5.82. The van der Waals surface area contributed by atoms with Crippen LogP contribution in [0.4, 0.5) is 5.69 Å². The lowest BCUT2D eigenvalue weighted by Gasteiger charge is -2.37. The predicted molar refractivity (Wildman–Crippen MR) is 139 cm³/mol. The highest BCUT2D eigenvalue weighted by atomic mass is 127. The van der Waals surface area contributed by atoms with Crippen LogP contribution in [0.1, 0.15) is 35.7 Å². The Hall–Kier alpha value is -1.84. The van der Waals surface area contributed by atoms with Crippen LogP contribution in [0.25, 0.3) is 0 Å². The van der Waals surface area contributed by atoms with Crippen molar-refractivity contribution in [1.29, 1.82) is 0 Å². The zero-order valence-electron chi connectivity index (χ0n) is 19.0. The Morgan fingerprint density at radius 2 is 1.81 bits per heavy atom. The van der Waals surface area contributed by atoms with Crippen LogP contribution in [0.3, 0.4) is 0 Å². The van der Waals surface area contributed by atoms with Crippen molar-refractivity contribution in [3.63, 3.8) is 0 Å². The molecule has 0 aliphatic carbocycles. The van der Waals surface area contributed by atoms with E-state index in [0.29, 0.717) is 22.0 Å². The molecule has 3 rings (SSSR count). The second-order valence-corrected chi connectivity index (χ2v) is 8.03. The highest BCUT2D eigenvalue weighted by Crippen LogP contribution is 2.32. The van der Waals surface area contributed by atoms with Gasteiger partial charge in [-0.15, -0.1) is 0 Å². The molecule has 0 bridgehead atoms. The summed E-state index contributed by atoms with van der Waals surface area (Å²) < 4.78 is 5.40. The van der Waals surface area contributed by atoms with Crippen molar-refractivity contribution >= 4 is 51.7 Å². The molecule has 2 aromatic rings. The maximum Gasteiger partial charge on any atom is 0.257 e. The molecule has 1 saturated heterocycles. The molecule has 1 heterocycles. The molecule has 0 spiro atoms. The van der Waals surface area contributed by atoms with E-state index in [-0.39, 0.29) is 17.9 Å². The average Bonchev–Trinajstić information content (AvgIpc) is 2.81. The zero-order chi connectivity index (χ0) is 23.7. The normalized spacial score (nSPS) is 14.2. The number of rotatable bonds is 6. The summed E-state index contributed by atoms with van der Waals surface area (Å²) in [6.07, 6.45) is 1.82. The first kappa shape index (κ1) is 26.4. The number of halogens is 2. The number of anilines is 1. The first-order valence-electron chi connectivity index (χ1n) is 10.5. The van der Waals surface area contributed by atoms with Crippen LogP contribution in [0.5, 0.6) is 5.75 Å². The van der Waals surface area contributed by atoms with E-state index in [4.69, 9.17) is 16.3 Å². The van der Waals surface area contributed by atoms with Crippen molar-refractivity contribution in [2.45, 2.75) is 32.4 Å². The molecule has 1 N–H and O–H groups in total. The van der Waals surface area contributed by atoms with E-state index in [1.165, 1.54) is 19.6 Å². The number of nitrogens with one attached hydrogen (secondary N) is 1. The highest BCUT2D eigenvalue weighted by Gasteiger charge is 2.28. The third-order valence-electron chi connectivity index (χ3n) is 5.50. The smallest absolute Gasteiger partial charge is 0.257 e. The molecule has 8 heteroatoms. The van der Waals surface area contributed by atoms with Gasteiger partial charge in [-0.25, -0.2) is 0 Å². The van der Waals surface area contributed by atoms with Crippen LogP contribution in [0.2, 0.25) is 5.02 Å². The molecule has 0 aromatic heterocycles. The molecular weight excluding hydrogens is 541 g/mol. The molecule has 1 fully saturated rings. The minimum Gasteiger partial charge on any atom is -0.496 e. The minimum atomic E-state index is -0.239. The lowest BCUT2D eigenvalue weighted by molar-refractivity contribution is -0.114. The van der Waals surface area contributed by atoms with Crippen molar-refractivity contribution < 1.29 is 14.3 Å². The molecule has 2 amide bonds. The fourth-order valence-electron chi connectivity index (χ4n) is 3.84. The number of ether oxygens (including phenoxy) is 1. The summed E-state index contributed by atoms with van der Waals surface area (Å²) in [7, 11) is 3.33. The molecule has 2 aromatic carbocycles. The summed E-state index contributed by atoms with van der Waals surface area (Å²) >= 11 is 8.44. The zero-order valence-corrected chi connectivity index (χ0v) is 21.9. The number of nitrogens with zero attached hydrogens (tertiary/aromatic N) is 2. The van der Waals surface area contributed by atoms with Crippen LogP contribution in [-0.4, -0.2) is 59.8 Å². The van der Waals surface area contributed by atoms with Crippen LogP contribution < -0.4 is 10.1 Å². The number of methoxy groups -OCH3 is 1. The lowest BCUT2D eigenvalue weighted by Crippen LogP contribution is -2.45. The molecule has 174 valence electrons. The number of amides is 2. The number of alkyl halides is 1. The van der Waals surface area contributed by atoms with Gasteiger partial charge in [0.1, 0.15) is 5.75 Å². The van der Waals surface area contributed by atoms with Crippen LogP contribution >= 0.6 is 34.2 Å². The van der Waals surface area contributed by atoms with E-state index in [0.717, 1.165) is 32.5 Å². The van der Waals surface area contributed by atoms with E-state index >= 15 is 0 Å². The Kier molecular flexibility index (Phi) is 10.7. The maximum absolute atomic E-state index is 13.2. The van der Waals surface area contributed by atoms with Crippen LogP contribution in [0.15, 0.2) is 42.5 Å². The number of benzene rings is 2. The van der Waals surface area contributed by atoms with Gasteiger partial charge in [0.25, 0.3) is 5.91 Å². The first-order chi connectivity index (χ1) is 15.4. The fraction of sp³-hybridized carbons (Fsp3) is 0.417. The van der Waals surface area contributed by atoms with Crippen LogP contribution in [-0.2, 0) is 11.3 Å².